The Morgan fingerprint density at radius 3 is 3.00 bits per heavy atom. The van der Waals surface area contributed by atoms with Gasteiger partial charge in [0.1, 0.15) is 0 Å². The van der Waals surface area contributed by atoms with Crippen molar-refractivity contribution in [3.8, 4) is 0 Å². The molecular weight excluding hydrogens is 248 g/mol. The van der Waals surface area contributed by atoms with Crippen molar-refractivity contribution in [2.45, 2.75) is 19.9 Å². The summed E-state index contributed by atoms with van der Waals surface area (Å²) in [6.07, 6.45) is 6.76. The summed E-state index contributed by atoms with van der Waals surface area (Å²) in [6, 6.07) is 8.28. The summed E-state index contributed by atoms with van der Waals surface area (Å²) in [6.45, 7) is 2.92. The van der Waals surface area contributed by atoms with Crippen LogP contribution in [0.5, 0.6) is 0 Å². The standard InChI is InChI=1S/C16H18N4/c1-3-15-13(11-20(2)19-15)10-18-16-6-4-5-12-9-17-8-7-14(12)16/h4-9,11,18H,3,10H2,1-2H3. The Labute approximate surface area is 118 Å². The highest BCUT2D eigenvalue weighted by Gasteiger charge is 2.06. The first-order valence-electron chi connectivity index (χ1n) is 6.86. The molecule has 0 atom stereocenters. The van der Waals surface area contributed by atoms with Crippen molar-refractivity contribution >= 4 is 16.5 Å². The maximum Gasteiger partial charge on any atom is 0.0671 e. The zero-order valence-corrected chi connectivity index (χ0v) is 11.8. The van der Waals surface area contributed by atoms with E-state index in [1.54, 1.807) is 0 Å². The van der Waals surface area contributed by atoms with E-state index in [0.717, 1.165) is 29.7 Å². The number of hydrogen-bond acceptors (Lipinski definition) is 3. The summed E-state index contributed by atoms with van der Waals surface area (Å²) < 4.78 is 1.88. The van der Waals surface area contributed by atoms with Gasteiger partial charge in [-0.25, -0.2) is 0 Å². The zero-order valence-electron chi connectivity index (χ0n) is 11.8. The molecular formula is C16H18N4. The van der Waals surface area contributed by atoms with Gasteiger partial charge in [0.2, 0.25) is 0 Å². The van der Waals surface area contributed by atoms with E-state index in [4.69, 9.17) is 0 Å². The Bertz CT molecular complexity index is 725. The zero-order chi connectivity index (χ0) is 13.9. The van der Waals surface area contributed by atoms with Crippen molar-refractivity contribution in [1.29, 1.82) is 0 Å². The second-order valence-corrected chi connectivity index (χ2v) is 4.88. The molecule has 102 valence electrons. The molecule has 0 bridgehead atoms. The van der Waals surface area contributed by atoms with Crippen molar-refractivity contribution in [1.82, 2.24) is 14.8 Å². The van der Waals surface area contributed by atoms with Crippen LogP contribution in [-0.2, 0) is 20.0 Å². The van der Waals surface area contributed by atoms with Crippen LogP contribution in [0.25, 0.3) is 10.8 Å². The first-order chi connectivity index (χ1) is 9.78. The summed E-state index contributed by atoms with van der Waals surface area (Å²) >= 11 is 0. The van der Waals surface area contributed by atoms with E-state index in [-0.39, 0.29) is 0 Å². The monoisotopic (exact) mass is 266 g/mol. The molecule has 0 aliphatic carbocycles. The predicted octanol–water partition coefficient (Wildman–Crippen LogP) is 3.14. The Morgan fingerprint density at radius 1 is 1.25 bits per heavy atom. The van der Waals surface area contributed by atoms with E-state index >= 15 is 0 Å². The molecule has 0 saturated carbocycles. The number of fused-ring (bicyclic) bond motifs is 1. The number of anilines is 1. The normalized spacial score (nSPS) is 10.9. The first kappa shape index (κ1) is 12.7. The van der Waals surface area contributed by atoms with Crippen LogP contribution in [-0.4, -0.2) is 14.8 Å². The smallest absolute Gasteiger partial charge is 0.0671 e. The molecule has 0 radical (unpaired) electrons. The minimum Gasteiger partial charge on any atom is -0.380 e. The summed E-state index contributed by atoms with van der Waals surface area (Å²) in [5, 5.41) is 10.3. The molecule has 1 N–H and O–H groups in total. The van der Waals surface area contributed by atoms with Crippen LogP contribution in [0.1, 0.15) is 18.2 Å². The van der Waals surface area contributed by atoms with Gasteiger partial charge in [0.05, 0.1) is 5.69 Å². The van der Waals surface area contributed by atoms with Crippen LogP contribution < -0.4 is 5.32 Å². The van der Waals surface area contributed by atoms with E-state index in [0.29, 0.717) is 0 Å². The summed E-state index contributed by atoms with van der Waals surface area (Å²) in [4.78, 5) is 4.16. The molecule has 3 aromatic rings. The average molecular weight is 266 g/mol. The third-order valence-electron chi connectivity index (χ3n) is 3.48. The van der Waals surface area contributed by atoms with Gasteiger partial charge in [0, 0.05) is 54.2 Å². The van der Waals surface area contributed by atoms with Crippen LogP contribution >= 0.6 is 0 Å². The molecule has 0 unspecified atom stereocenters. The molecule has 4 heteroatoms. The minimum absolute atomic E-state index is 0.790. The fourth-order valence-corrected chi connectivity index (χ4v) is 2.50. The summed E-state index contributed by atoms with van der Waals surface area (Å²) in [7, 11) is 1.96. The second kappa shape index (κ2) is 5.33. The third-order valence-corrected chi connectivity index (χ3v) is 3.48. The molecule has 0 aliphatic heterocycles. The highest BCUT2D eigenvalue weighted by molar-refractivity contribution is 5.93. The van der Waals surface area contributed by atoms with Crippen LogP contribution in [0, 0.1) is 0 Å². The van der Waals surface area contributed by atoms with Crippen molar-refractivity contribution in [3.05, 3.63) is 54.1 Å². The molecule has 3 rings (SSSR count). The van der Waals surface area contributed by atoms with Crippen LogP contribution in [0.15, 0.2) is 42.9 Å². The lowest BCUT2D eigenvalue weighted by Crippen LogP contribution is -2.01. The van der Waals surface area contributed by atoms with Crippen LogP contribution in [0.3, 0.4) is 0 Å². The van der Waals surface area contributed by atoms with Gasteiger partial charge in [-0.3, -0.25) is 9.67 Å². The van der Waals surface area contributed by atoms with Gasteiger partial charge in [0.25, 0.3) is 0 Å². The fourth-order valence-electron chi connectivity index (χ4n) is 2.50. The highest BCUT2D eigenvalue weighted by atomic mass is 15.3. The third kappa shape index (κ3) is 2.37. The molecule has 0 spiro atoms. The Balaban J connectivity index is 1.86. The Hall–Kier alpha value is -2.36. The molecule has 0 fully saturated rings. The lowest BCUT2D eigenvalue weighted by atomic mass is 10.1. The number of aryl methyl sites for hydroxylation is 2. The first-order valence-corrected chi connectivity index (χ1v) is 6.86. The van der Waals surface area contributed by atoms with Gasteiger partial charge < -0.3 is 5.32 Å². The van der Waals surface area contributed by atoms with Crippen molar-refractivity contribution in [2.24, 2.45) is 7.05 Å². The minimum atomic E-state index is 0.790. The highest BCUT2D eigenvalue weighted by Crippen LogP contribution is 2.23. The topological polar surface area (TPSA) is 42.7 Å². The summed E-state index contributed by atoms with van der Waals surface area (Å²) in [5.74, 6) is 0. The number of nitrogens with zero attached hydrogens (tertiary/aromatic N) is 3. The van der Waals surface area contributed by atoms with Crippen molar-refractivity contribution in [2.75, 3.05) is 5.32 Å². The van der Waals surface area contributed by atoms with E-state index in [9.17, 15) is 0 Å². The van der Waals surface area contributed by atoms with Gasteiger partial charge in [-0.15, -0.1) is 0 Å². The SMILES string of the molecule is CCc1nn(C)cc1CNc1cccc2cnccc12. The Morgan fingerprint density at radius 2 is 2.15 bits per heavy atom. The predicted molar refractivity (Wildman–Crippen MR) is 81.7 cm³/mol. The van der Waals surface area contributed by atoms with Crippen molar-refractivity contribution in [3.63, 3.8) is 0 Å². The molecule has 0 aliphatic rings. The molecule has 0 amide bonds. The fraction of sp³-hybridized carbons (Fsp3) is 0.250. The molecule has 20 heavy (non-hydrogen) atoms. The Kier molecular flexibility index (Phi) is 3.37. The van der Waals surface area contributed by atoms with Crippen molar-refractivity contribution < 1.29 is 0 Å². The quantitative estimate of drug-likeness (QED) is 0.789. The number of rotatable bonds is 4. The van der Waals surface area contributed by atoms with Gasteiger partial charge in [-0.1, -0.05) is 19.1 Å². The van der Waals surface area contributed by atoms with E-state index < -0.39 is 0 Å². The second-order valence-electron chi connectivity index (χ2n) is 4.88. The average Bonchev–Trinajstić information content (AvgIpc) is 2.85. The van der Waals surface area contributed by atoms with E-state index in [2.05, 4.69) is 46.7 Å². The number of benzene rings is 1. The van der Waals surface area contributed by atoms with Gasteiger partial charge in [-0.2, -0.15) is 5.10 Å². The van der Waals surface area contributed by atoms with Gasteiger partial charge in [0.15, 0.2) is 0 Å². The molecule has 4 nitrogen and oxygen atoms in total. The number of hydrogen-bond donors (Lipinski definition) is 1. The lowest BCUT2D eigenvalue weighted by molar-refractivity contribution is 0.746. The largest absolute Gasteiger partial charge is 0.380 e. The molecule has 2 aromatic heterocycles. The lowest BCUT2D eigenvalue weighted by Gasteiger charge is -2.09. The number of pyridine rings is 1. The van der Waals surface area contributed by atoms with Crippen LogP contribution in [0.2, 0.25) is 0 Å². The molecule has 0 saturated heterocycles. The maximum absolute atomic E-state index is 4.47. The van der Waals surface area contributed by atoms with Gasteiger partial charge >= 0.3 is 0 Å². The number of aromatic nitrogens is 3. The molecule has 2 heterocycles. The van der Waals surface area contributed by atoms with Gasteiger partial charge in [-0.05, 0) is 18.6 Å². The molecule has 1 aromatic carbocycles. The summed E-state index contributed by atoms with van der Waals surface area (Å²) in [5.41, 5.74) is 3.54. The van der Waals surface area contributed by atoms with E-state index in [1.165, 1.54) is 10.9 Å². The van der Waals surface area contributed by atoms with E-state index in [1.807, 2.05) is 30.2 Å². The maximum atomic E-state index is 4.47. The van der Waals surface area contributed by atoms with Crippen LogP contribution in [0.4, 0.5) is 5.69 Å². The number of nitrogens with one attached hydrogen (secondary N) is 1.